The number of amides is 1. The Balaban J connectivity index is 1.66. The molecule has 2 heterocycles. The van der Waals surface area contributed by atoms with E-state index in [2.05, 4.69) is 17.2 Å². The van der Waals surface area contributed by atoms with Crippen LogP contribution in [0, 0.1) is 0 Å². The Bertz CT molecular complexity index is 1360. The Kier molecular flexibility index (Phi) is 9.02. The number of benzene rings is 2. The smallest absolute Gasteiger partial charge is 0.416 e. The van der Waals surface area contributed by atoms with Gasteiger partial charge < -0.3 is 19.7 Å². The molecule has 2 aliphatic rings. The Morgan fingerprint density at radius 3 is 2.55 bits per heavy atom. The van der Waals surface area contributed by atoms with Gasteiger partial charge in [-0.3, -0.25) is 9.79 Å². The van der Waals surface area contributed by atoms with E-state index < -0.39 is 11.7 Å². The Hall–Kier alpha value is -4.01. The summed E-state index contributed by atoms with van der Waals surface area (Å²) in [5.41, 5.74) is 3.12. The van der Waals surface area contributed by atoms with Gasteiger partial charge in [0.1, 0.15) is 5.84 Å². The lowest BCUT2D eigenvalue weighted by atomic mass is 9.90. The van der Waals surface area contributed by atoms with Crippen LogP contribution in [-0.2, 0) is 17.5 Å². The van der Waals surface area contributed by atoms with E-state index in [9.17, 15) is 18.0 Å². The maximum Gasteiger partial charge on any atom is 0.416 e. The molecule has 6 nitrogen and oxygen atoms in total. The molecule has 0 spiro atoms. The van der Waals surface area contributed by atoms with Crippen LogP contribution < -0.4 is 14.8 Å². The second kappa shape index (κ2) is 12.4. The van der Waals surface area contributed by atoms with E-state index in [0.29, 0.717) is 35.0 Å². The highest BCUT2D eigenvalue weighted by Gasteiger charge is 2.30. The zero-order valence-electron chi connectivity index (χ0n) is 23.1. The molecule has 0 radical (unpaired) electrons. The molecule has 0 fully saturated rings. The van der Waals surface area contributed by atoms with Gasteiger partial charge in [0.15, 0.2) is 11.5 Å². The summed E-state index contributed by atoms with van der Waals surface area (Å²) in [6.45, 7) is 6.95. The summed E-state index contributed by atoms with van der Waals surface area (Å²) in [4.78, 5) is 19.9. The van der Waals surface area contributed by atoms with Crippen LogP contribution in [0.15, 0.2) is 76.8 Å². The number of likely N-dealkylation sites (N-methyl/N-ethyl adjacent to an activating group) is 1. The highest BCUT2D eigenvalue weighted by atomic mass is 19.4. The van der Waals surface area contributed by atoms with Crippen LogP contribution in [0.5, 0.6) is 11.5 Å². The van der Waals surface area contributed by atoms with E-state index in [-0.39, 0.29) is 25.3 Å². The number of amidine groups is 1. The van der Waals surface area contributed by atoms with Gasteiger partial charge in [-0.15, -0.1) is 0 Å². The Morgan fingerprint density at radius 2 is 1.88 bits per heavy atom. The van der Waals surface area contributed by atoms with Gasteiger partial charge in [-0.2, -0.15) is 13.2 Å². The standard InChI is InChI=1S/C31H34F3N3O3/c1-5-7-14-37(4)30(38)26-17-29(35-18-21-8-11-24(12-9-21)31(32,33)34)36-20(3)25(26)15-22(6-2)23-10-13-27-28(16-23)40-19-39-27/h6,8-13,15-17,20H,5,7,14,18-19H2,1-4H3,(H,35,36)/b22-6+,25-15+. The first-order valence-electron chi connectivity index (χ1n) is 13.3. The lowest BCUT2D eigenvalue weighted by Crippen LogP contribution is -2.41. The summed E-state index contributed by atoms with van der Waals surface area (Å²) < 4.78 is 49.7. The molecule has 9 heteroatoms. The predicted molar refractivity (Wildman–Crippen MR) is 150 cm³/mol. The van der Waals surface area contributed by atoms with E-state index in [1.807, 2.05) is 44.2 Å². The molecule has 0 bridgehead atoms. The number of nitrogens with zero attached hydrogens (tertiary/aromatic N) is 2. The van der Waals surface area contributed by atoms with Gasteiger partial charge >= 0.3 is 6.18 Å². The molecular formula is C31H34F3N3O3. The third-order valence-electron chi connectivity index (χ3n) is 6.89. The molecular weight excluding hydrogens is 519 g/mol. The first-order chi connectivity index (χ1) is 19.1. The summed E-state index contributed by atoms with van der Waals surface area (Å²) in [6.07, 6.45) is 3.17. The number of hydrogen-bond donors (Lipinski definition) is 1. The van der Waals surface area contributed by atoms with Gasteiger partial charge in [-0.05, 0) is 79.0 Å². The van der Waals surface area contributed by atoms with E-state index >= 15 is 0 Å². The van der Waals surface area contributed by atoms with Crippen molar-refractivity contribution in [2.45, 2.75) is 52.4 Å². The molecule has 1 unspecified atom stereocenters. The molecule has 0 aliphatic carbocycles. The van der Waals surface area contributed by atoms with Crippen LogP contribution in [0.3, 0.4) is 0 Å². The lowest BCUT2D eigenvalue weighted by Gasteiger charge is -2.29. The molecule has 2 aliphatic heterocycles. The number of allylic oxidation sites excluding steroid dienone is 3. The van der Waals surface area contributed by atoms with Crippen molar-refractivity contribution in [1.29, 1.82) is 0 Å². The normalized spacial score (nSPS) is 19.0. The second-order valence-electron chi connectivity index (χ2n) is 9.81. The van der Waals surface area contributed by atoms with Crippen LogP contribution >= 0.6 is 0 Å². The van der Waals surface area contributed by atoms with Crippen LogP contribution in [0.25, 0.3) is 5.57 Å². The molecule has 2 aromatic rings. The zero-order valence-corrected chi connectivity index (χ0v) is 23.1. The topological polar surface area (TPSA) is 63.2 Å². The number of carbonyl (C=O) groups is 1. The minimum Gasteiger partial charge on any atom is -0.454 e. The second-order valence-corrected chi connectivity index (χ2v) is 9.81. The SMILES string of the molecule is C/C=C(\C=C1\C(C(=O)N(C)CCCC)=CC(=NCc2ccc(C(F)(F)F)cc2)NC1C)c1ccc2c(c1)OCO2. The fourth-order valence-corrected chi connectivity index (χ4v) is 4.53. The van der Waals surface area contributed by atoms with E-state index in [0.717, 1.165) is 41.7 Å². The van der Waals surface area contributed by atoms with Crippen molar-refractivity contribution < 1.29 is 27.4 Å². The Morgan fingerprint density at radius 1 is 1.15 bits per heavy atom. The van der Waals surface area contributed by atoms with Crippen molar-refractivity contribution >= 4 is 17.3 Å². The largest absolute Gasteiger partial charge is 0.454 e. The Labute approximate surface area is 232 Å². The summed E-state index contributed by atoms with van der Waals surface area (Å²) >= 11 is 0. The summed E-state index contributed by atoms with van der Waals surface area (Å²) in [5.74, 6) is 1.76. The quantitative estimate of drug-likeness (QED) is 0.403. The number of hydrogen-bond acceptors (Lipinski definition) is 4. The van der Waals surface area contributed by atoms with Gasteiger partial charge in [0.2, 0.25) is 6.79 Å². The number of unbranched alkanes of at least 4 members (excludes halogenated alkanes) is 1. The molecule has 2 aromatic carbocycles. The van der Waals surface area contributed by atoms with Gasteiger partial charge in [0.05, 0.1) is 18.2 Å². The van der Waals surface area contributed by atoms with Crippen LogP contribution in [-0.4, -0.2) is 43.1 Å². The average Bonchev–Trinajstić information content (AvgIpc) is 3.41. The minimum absolute atomic E-state index is 0.114. The number of fused-ring (bicyclic) bond motifs is 1. The summed E-state index contributed by atoms with van der Waals surface area (Å²) in [6, 6.07) is 10.4. The summed E-state index contributed by atoms with van der Waals surface area (Å²) in [5, 5.41) is 3.34. The minimum atomic E-state index is -4.39. The van der Waals surface area contributed by atoms with Gasteiger partial charge in [0.25, 0.3) is 5.91 Å². The van der Waals surface area contributed by atoms with E-state index in [1.54, 1.807) is 18.0 Å². The van der Waals surface area contributed by atoms with Gasteiger partial charge in [0, 0.05) is 19.2 Å². The van der Waals surface area contributed by atoms with Crippen LogP contribution in [0.2, 0.25) is 0 Å². The van der Waals surface area contributed by atoms with Crippen molar-refractivity contribution in [3.8, 4) is 11.5 Å². The number of ether oxygens (including phenoxy) is 2. The van der Waals surface area contributed by atoms with Crippen LogP contribution in [0.4, 0.5) is 13.2 Å². The summed E-state index contributed by atoms with van der Waals surface area (Å²) in [7, 11) is 1.79. The number of aliphatic imine (C=N–C) groups is 1. The fourth-order valence-electron chi connectivity index (χ4n) is 4.53. The lowest BCUT2D eigenvalue weighted by molar-refractivity contribution is -0.137. The molecule has 1 amide bonds. The van der Waals surface area contributed by atoms with Crippen molar-refractivity contribution in [2.24, 2.45) is 4.99 Å². The van der Waals surface area contributed by atoms with Crippen molar-refractivity contribution in [1.82, 2.24) is 10.2 Å². The van der Waals surface area contributed by atoms with E-state index in [1.165, 1.54) is 12.1 Å². The molecule has 40 heavy (non-hydrogen) atoms. The fraction of sp³-hybridized carbons (Fsp3) is 0.355. The highest BCUT2D eigenvalue weighted by molar-refractivity contribution is 6.08. The first-order valence-corrected chi connectivity index (χ1v) is 13.3. The van der Waals surface area contributed by atoms with Crippen molar-refractivity contribution in [2.75, 3.05) is 20.4 Å². The highest BCUT2D eigenvalue weighted by Crippen LogP contribution is 2.36. The average molecular weight is 554 g/mol. The molecule has 0 saturated carbocycles. The van der Waals surface area contributed by atoms with Crippen molar-refractivity contribution in [3.05, 3.63) is 88.5 Å². The molecule has 4 rings (SSSR count). The van der Waals surface area contributed by atoms with Crippen LogP contribution in [0.1, 0.15) is 50.3 Å². The van der Waals surface area contributed by atoms with Gasteiger partial charge in [-0.25, -0.2) is 0 Å². The third-order valence-corrected chi connectivity index (χ3v) is 6.89. The number of nitrogens with one attached hydrogen (secondary N) is 1. The maximum atomic E-state index is 13.6. The molecule has 1 atom stereocenters. The third kappa shape index (κ3) is 6.76. The molecule has 0 saturated heterocycles. The monoisotopic (exact) mass is 553 g/mol. The molecule has 1 N–H and O–H groups in total. The van der Waals surface area contributed by atoms with Gasteiger partial charge in [-0.1, -0.05) is 37.6 Å². The number of carbonyl (C=O) groups excluding carboxylic acids is 1. The van der Waals surface area contributed by atoms with E-state index in [4.69, 9.17) is 9.47 Å². The first kappa shape index (κ1) is 29.0. The molecule has 212 valence electrons. The maximum absolute atomic E-state index is 13.6. The number of rotatable bonds is 8. The zero-order chi connectivity index (χ0) is 28.9. The number of halogens is 3. The number of alkyl halides is 3. The predicted octanol–water partition coefficient (Wildman–Crippen LogP) is 6.54. The molecule has 0 aromatic heterocycles. The van der Waals surface area contributed by atoms with Crippen molar-refractivity contribution in [3.63, 3.8) is 0 Å².